The number of aromatic nitrogens is 2. The second kappa shape index (κ2) is 7.70. The van der Waals surface area contributed by atoms with Crippen molar-refractivity contribution in [3.8, 4) is 0 Å². The lowest BCUT2D eigenvalue weighted by atomic mass is 10.2. The standard InChI is InChI=1S/C14H26N6O3/c1-6-20-9-10(11(15)19(20)5)18-12(21)16-7-8-17-13(22)23-14(2,3)4/h9,15H,6-8H2,1-5H3,(H3,16,17,18,21,22)/p+1. The third-order valence-corrected chi connectivity index (χ3v) is 2.94. The molecule has 5 N–H and O–H groups in total. The van der Waals surface area contributed by atoms with Gasteiger partial charge in [-0.15, -0.1) is 9.36 Å². The number of nitrogen functional groups attached to an aromatic ring is 1. The molecule has 9 nitrogen and oxygen atoms in total. The molecule has 0 radical (unpaired) electrons. The van der Waals surface area contributed by atoms with Gasteiger partial charge in [0.1, 0.15) is 5.60 Å². The number of nitrogens with zero attached hydrogens (tertiary/aromatic N) is 2. The van der Waals surface area contributed by atoms with Crippen molar-refractivity contribution in [3.05, 3.63) is 6.20 Å². The molecule has 0 atom stereocenters. The molecule has 1 heterocycles. The maximum absolute atomic E-state index is 11.8. The van der Waals surface area contributed by atoms with Crippen molar-refractivity contribution in [3.63, 3.8) is 0 Å². The van der Waals surface area contributed by atoms with E-state index < -0.39 is 17.7 Å². The Bertz CT molecular complexity index is 562. The number of anilines is 2. The van der Waals surface area contributed by atoms with Crippen LogP contribution in [0.15, 0.2) is 6.20 Å². The lowest BCUT2D eigenvalue weighted by Gasteiger charge is -2.19. The van der Waals surface area contributed by atoms with Crippen LogP contribution in [0.2, 0.25) is 0 Å². The van der Waals surface area contributed by atoms with Gasteiger partial charge < -0.3 is 21.1 Å². The van der Waals surface area contributed by atoms with E-state index in [1.165, 1.54) is 0 Å². The van der Waals surface area contributed by atoms with Crippen LogP contribution >= 0.6 is 0 Å². The van der Waals surface area contributed by atoms with E-state index in [0.717, 1.165) is 6.54 Å². The van der Waals surface area contributed by atoms with E-state index in [1.54, 1.807) is 31.6 Å². The van der Waals surface area contributed by atoms with Crippen LogP contribution in [0, 0.1) is 0 Å². The van der Waals surface area contributed by atoms with E-state index in [0.29, 0.717) is 11.5 Å². The number of hydrogen-bond acceptors (Lipinski definition) is 4. The van der Waals surface area contributed by atoms with E-state index in [1.807, 2.05) is 18.7 Å². The number of hydrogen-bond donors (Lipinski definition) is 4. The van der Waals surface area contributed by atoms with Gasteiger partial charge in [-0.3, -0.25) is 5.32 Å². The summed E-state index contributed by atoms with van der Waals surface area (Å²) < 4.78 is 8.70. The van der Waals surface area contributed by atoms with Crippen LogP contribution in [0.3, 0.4) is 0 Å². The summed E-state index contributed by atoms with van der Waals surface area (Å²) in [5.74, 6) is 0.467. The number of ether oxygens (including phenoxy) is 1. The highest BCUT2D eigenvalue weighted by molar-refractivity contribution is 5.91. The second-order valence-corrected chi connectivity index (χ2v) is 6.02. The smallest absolute Gasteiger partial charge is 0.407 e. The fourth-order valence-electron chi connectivity index (χ4n) is 1.84. The largest absolute Gasteiger partial charge is 0.444 e. The van der Waals surface area contributed by atoms with E-state index >= 15 is 0 Å². The molecule has 0 aliphatic heterocycles. The average Bonchev–Trinajstić information content (AvgIpc) is 2.69. The second-order valence-electron chi connectivity index (χ2n) is 6.02. The van der Waals surface area contributed by atoms with Crippen molar-refractivity contribution in [1.29, 1.82) is 0 Å². The lowest BCUT2D eigenvalue weighted by molar-refractivity contribution is -0.769. The highest BCUT2D eigenvalue weighted by Crippen LogP contribution is 2.14. The molecule has 0 bridgehead atoms. The van der Waals surface area contributed by atoms with Gasteiger partial charge in [0.25, 0.3) is 0 Å². The fourth-order valence-corrected chi connectivity index (χ4v) is 1.84. The number of aryl methyl sites for hydroxylation is 1. The first kappa shape index (κ1) is 18.6. The molecule has 0 unspecified atom stereocenters. The maximum atomic E-state index is 11.8. The van der Waals surface area contributed by atoms with Crippen LogP contribution in [0.5, 0.6) is 0 Å². The first-order valence-corrected chi connectivity index (χ1v) is 7.50. The Labute approximate surface area is 136 Å². The Balaban J connectivity index is 2.34. The zero-order valence-corrected chi connectivity index (χ0v) is 14.4. The van der Waals surface area contributed by atoms with Crippen LogP contribution in [0.1, 0.15) is 27.7 Å². The number of urea groups is 1. The van der Waals surface area contributed by atoms with Crippen LogP contribution in [0.25, 0.3) is 0 Å². The Morgan fingerprint density at radius 3 is 2.43 bits per heavy atom. The Kier molecular flexibility index (Phi) is 6.23. The molecular formula is C14H27N6O3+. The van der Waals surface area contributed by atoms with Crippen molar-refractivity contribution < 1.29 is 19.0 Å². The van der Waals surface area contributed by atoms with Crippen molar-refractivity contribution in [2.24, 2.45) is 7.05 Å². The number of alkyl carbamates (subject to hydrolysis) is 1. The predicted molar refractivity (Wildman–Crippen MR) is 87.0 cm³/mol. The third kappa shape index (κ3) is 6.05. The molecule has 0 aliphatic rings. The van der Waals surface area contributed by atoms with Gasteiger partial charge >= 0.3 is 12.1 Å². The Morgan fingerprint density at radius 1 is 1.30 bits per heavy atom. The van der Waals surface area contributed by atoms with Gasteiger partial charge in [-0.05, 0) is 27.7 Å². The molecule has 0 aliphatic carbocycles. The summed E-state index contributed by atoms with van der Waals surface area (Å²) in [6.07, 6.45) is 1.24. The minimum Gasteiger partial charge on any atom is -0.444 e. The molecule has 0 saturated carbocycles. The van der Waals surface area contributed by atoms with Crippen LogP contribution < -0.4 is 26.4 Å². The van der Waals surface area contributed by atoms with Gasteiger partial charge in [0.05, 0.1) is 7.05 Å². The van der Waals surface area contributed by atoms with E-state index in [-0.39, 0.29) is 13.1 Å². The number of rotatable bonds is 5. The fraction of sp³-hybridized carbons (Fsp3) is 0.643. The summed E-state index contributed by atoms with van der Waals surface area (Å²) in [6.45, 7) is 8.60. The third-order valence-electron chi connectivity index (χ3n) is 2.94. The molecule has 3 amide bonds. The summed E-state index contributed by atoms with van der Waals surface area (Å²) in [6, 6.07) is -0.392. The van der Waals surface area contributed by atoms with Gasteiger partial charge in [0, 0.05) is 13.1 Å². The van der Waals surface area contributed by atoms with Crippen molar-refractivity contribution in [2.75, 3.05) is 24.1 Å². The zero-order chi connectivity index (χ0) is 17.6. The molecule has 9 heteroatoms. The number of nitrogens with two attached hydrogens (primary N) is 1. The predicted octanol–water partition coefficient (Wildman–Crippen LogP) is 0.561. The molecule has 1 aromatic rings. The monoisotopic (exact) mass is 327 g/mol. The van der Waals surface area contributed by atoms with E-state index in [4.69, 9.17) is 10.5 Å². The lowest BCUT2D eigenvalue weighted by Crippen LogP contribution is -2.40. The molecule has 0 saturated heterocycles. The zero-order valence-electron chi connectivity index (χ0n) is 14.4. The molecular weight excluding hydrogens is 300 g/mol. The molecule has 130 valence electrons. The average molecular weight is 327 g/mol. The summed E-state index contributed by atoms with van der Waals surface area (Å²) in [5.41, 5.74) is 5.89. The van der Waals surface area contributed by atoms with Gasteiger partial charge in [-0.25, -0.2) is 9.59 Å². The summed E-state index contributed by atoms with van der Waals surface area (Å²) in [7, 11) is 1.81. The van der Waals surface area contributed by atoms with Crippen molar-refractivity contribution >= 4 is 23.6 Å². The minimum atomic E-state index is -0.547. The molecule has 23 heavy (non-hydrogen) atoms. The summed E-state index contributed by atoms with van der Waals surface area (Å²) in [5, 5.41) is 7.86. The van der Waals surface area contributed by atoms with Crippen LogP contribution in [-0.4, -0.2) is 35.5 Å². The number of nitrogens with one attached hydrogen (secondary N) is 3. The summed E-state index contributed by atoms with van der Waals surface area (Å²) in [4.78, 5) is 23.2. The van der Waals surface area contributed by atoms with Gasteiger partial charge in [0.15, 0.2) is 18.1 Å². The first-order valence-electron chi connectivity index (χ1n) is 7.50. The SMILES string of the molecule is CC[n+]1cc(NC(=O)NCCNC(=O)OC(C)(C)C)c(N)n1C. The summed E-state index contributed by atoms with van der Waals surface area (Å²) >= 11 is 0. The molecule has 1 aromatic heterocycles. The number of amides is 3. The number of carbonyl (C=O) groups is 2. The van der Waals surface area contributed by atoms with Gasteiger partial charge in [0.2, 0.25) is 6.20 Å². The van der Waals surface area contributed by atoms with Gasteiger partial charge in [-0.2, -0.15) is 0 Å². The van der Waals surface area contributed by atoms with E-state index in [2.05, 4.69) is 16.0 Å². The number of carbonyl (C=O) groups excluding carboxylic acids is 2. The molecule has 0 aromatic carbocycles. The quantitative estimate of drug-likeness (QED) is 0.467. The highest BCUT2D eigenvalue weighted by Gasteiger charge is 2.18. The highest BCUT2D eigenvalue weighted by atomic mass is 16.6. The van der Waals surface area contributed by atoms with Crippen molar-refractivity contribution in [1.82, 2.24) is 15.3 Å². The van der Waals surface area contributed by atoms with Gasteiger partial charge in [-0.1, -0.05) is 0 Å². The first-order chi connectivity index (χ1) is 10.6. The minimum absolute atomic E-state index is 0.265. The molecule has 0 spiro atoms. The van der Waals surface area contributed by atoms with Crippen molar-refractivity contribution in [2.45, 2.75) is 39.8 Å². The Morgan fingerprint density at radius 2 is 1.91 bits per heavy atom. The van der Waals surface area contributed by atoms with Crippen LogP contribution in [0.4, 0.5) is 21.1 Å². The normalized spacial score (nSPS) is 11.0. The van der Waals surface area contributed by atoms with E-state index in [9.17, 15) is 9.59 Å². The van der Waals surface area contributed by atoms with Crippen LogP contribution in [-0.2, 0) is 18.3 Å². The Hall–Kier alpha value is -2.45. The topological polar surface area (TPSA) is 114 Å². The molecule has 0 fully saturated rings. The maximum Gasteiger partial charge on any atom is 0.407 e. The molecule has 1 rings (SSSR count).